The van der Waals surface area contributed by atoms with Gasteiger partial charge < -0.3 is 4.74 Å². The van der Waals surface area contributed by atoms with Crippen molar-refractivity contribution < 1.29 is 9.53 Å². The normalized spacial score (nSPS) is 28.3. The van der Waals surface area contributed by atoms with Crippen LogP contribution in [0.25, 0.3) is 0 Å². The summed E-state index contributed by atoms with van der Waals surface area (Å²) in [5.41, 5.74) is 0.595. The van der Waals surface area contributed by atoms with Crippen molar-refractivity contribution in [2.45, 2.75) is 25.0 Å². The number of hydrogen-bond donors (Lipinski definition) is 0. The van der Waals surface area contributed by atoms with Gasteiger partial charge in [-0.3, -0.25) is 14.4 Å². The molecule has 2 unspecified atom stereocenters. The van der Waals surface area contributed by atoms with E-state index in [2.05, 4.69) is 25.9 Å². The number of ether oxygens (including phenoxy) is 1. The van der Waals surface area contributed by atoms with Gasteiger partial charge >= 0.3 is 0 Å². The Bertz CT molecular complexity index is 454. The summed E-state index contributed by atoms with van der Waals surface area (Å²) in [6.45, 7) is 2.47. The molecule has 98 valence electrons. The molecule has 2 atom stereocenters. The molecule has 0 radical (unpaired) electrons. The first kappa shape index (κ1) is 12.3. The largest absolute Gasteiger partial charge is 0.367 e. The molecule has 18 heavy (non-hydrogen) atoms. The van der Waals surface area contributed by atoms with Crippen LogP contribution in [-0.2, 0) is 11.8 Å². The highest BCUT2D eigenvalue weighted by Crippen LogP contribution is 2.25. The van der Waals surface area contributed by atoms with E-state index >= 15 is 0 Å². The Hall–Kier alpha value is -0.720. The van der Waals surface area contributed by atoms with Crippen molar-refractivity contribution in [3.63, 3.8) is 0 Å². The monoisotopic (exact) mass is 313 g/mol. The molecule has 3 rings (SSSR count). The Morgan fingerprint density at radius 2 is 2.44 bits per heavy atom. The predicted molar refractivity (Wildman–Crippen MR) is 69.6 cm³/mol. The quantitative estimate of drug-likeness (QED) is 0.771. The van der Waals surface area contributed by atoms with Crippen molar-refractivity contribution in [1.29, 1.82) is 0 Å². The summed E-state index contributed by atoms with van der Waals surface area (Å²) in [4.78, 5) is 14.8. The van der Waals surface area contributed by atoms with Gasteiger partial charge in [0.25, 0.3) is 0 Å². The molecule has 0 aliphatic carbocycles. The maximum Gasteiger partial charge on any atom is 0.211 e. The van der Waals surface area contributed by atoms with E-state index in [1.165, 1.54) is 12.8 Å². The Morgan fingerprint density at radius 1 is 1.61 bits per heavy atom. The molecule has 5 nitrogen and oxygen atoms in total. The second-order valence-electron chi connectivity index (χ2n) is 4.94. The third-order valence-corrected chi connectivity index (χ3v) is 4.39. The molecule has 0 amide bonds. The van der Waals surface area contributed by atoms with Gasteiger partial charge in [-0.15, -0.1) is 0 Å². The van der Waals surface area contributed by atoms with Gasteiger partial charge in [-0.25, -0.2) is 0 Å². The fourth-order valence-corrected chi connectivity index (χ4v) is 3.36. The number of carbonyl (C=O) groups is 1. The van der Waals surface area contributed by atoms with Crippen LogP contribution < -0.4 is 0 Å². The van der Waals surface area contributed by atoms with Crippen molar-refractivity contribution in [3.05, 3.63) is 16.4 Å². The lowest BCUT2D eigenvalue weighted by atomic mass is 10.1. The number of aromatic nitrogens is 2. The first-order valence-corrected chi connectivity index (χ1v) is 7.03. The first-order chi connectivity index (χ1) is 8.66. The van der Waals surface area contributed by atoms with Crippen LogP contribution in [0.5, 0.6) is 0 Å². The second kappa shape index (κ2) is 4.75. The van der Waals surface area contributed by atoms with E-state index < -0.39 is 0 Å². The van der Waals surface area contributed by atoms with Crippen molar-refractivity contribution in [2.75, 3.05) is 19.7 Å². The van der Waals surface area contributed by atoms with Gasteiger partial charge in [0.05, 0.1) is 17.3 Å². The minimum atomic E-state index is -0.356. The number of aryl methyl sites for hydroxylation is 1. The number of ketones is 1. The molecule has 0 saturated carbocycles. The topological polar surface area (TPSA) is 47.4 Å². The van der Waals surface area contributed by atoms with Crippen LogP contribution in [0.15, 0.2) is 10.7 Å². The Labute approximate surface area is 114 Å². The molecule has 2 fully saturated rings. The third kappa shape index (κ3) is 2.02. The van der Waals surface area contributed by atoms with Gasteiger partial charge in [-0.2, -0.15) is 5.10 Å². The molecule has 3 heterocycles. The highest BCUT2D eigenvalue weighted by atomic mass is 79.9. The average Bonchev–Trinajstić information content (AvgIpc) is 2.94. The molecule has 0 aromatic carbocycles. The van der Waals surface area contributed by atoms with E-state index in [1.54, 1.807) is 17.9 Å². The molecule has 6 heteroatoms. The Kier molecular flexibility index (Phi) is 3.25. The summed E-state index contributed by atoms with van der Waals surface area (Å²) in [7, 11) is 1.78. The molecule has 1 aromatic heterocycles. The van der Waals surface area contributed by atoms with E-state index in [9.17, 15) is 4.79 Å². The number of nitrogens with zero attached hydrogens (tertiary/aromatic N) is 3. The Morgan fingerprint density at radius 3 is 3.17 bits per heavy atom. The van der Waals surface area contributed by atoms with Crippen molar-refractivity contribution >= 4 is 21.7 Å². The molecule has 2 saturated heterocycles. The van der Waals surface area contributed by atoms with E-state index in [4.69, 9.17) is 4.74 Å². The summed E-state index contributed by atoms with van der Waals surface area (Å²) in [6, 6.07) is 0.518. The standard InChI is InChI=1S/C12H16BrN3O2/c1-15-11(9(13)5-14-15)12(17)10-6-16-4-2-3-8(16)7-18-10/h5,8,10H,2-4,6-7H2,1H3. The molecular weight excluding hydrogens is 298 g/mol. The zero-order valence-corrected chi connectivity index (χ0v) is 11.9. The molecule has 2 aliphatic rings. The number of Topliss-reactive ketones (excluding diaryl/α,β-unsaturated/α-hetero) is 1. The number of rotatable bonds is 2. The van der Waals surface area contributed by atoms with Crippen molar-refractivity contribution in [2.24, 2.45) is 7.05 Å². The maximum absolute atomic E-state index is 12.4. The smallest absolute Gasteiger partial charge is 0.211 e. The summed E-state index contributed by atoms with van der Waals surface area (Å²) in [6.07, 6.45) is 3.70. The first-order valence-electron chi connectivity index (χ1n) is 6.24. The minimum absolute atomic E-state index is 0.0206. The van der Waals surface area contributed by atoms with Crippen LogP contribution in [-0.4, -0.2) is 52.3 Å². The highest BCUT2D eigenvalue weighted by molar-refractivity contribution is 9.10. The molecule has 0 spiro atoms. The van der Waals surface area contributed by atoms with E-state index in [0.29, 0.717) is 24.9 Å². The van der Waals surface area contributed by atoms with Gasteiger partial charge in [-0.05, 0) is 35.3 Å². The van der Waals surface area contributed by atoms with E-state index in [-0.39, 0.29) is 11.9 Å². The van der Waals surface area contributed by atoms with Crippen LogP contribution >= 0.6 is 15.9 Å². The van der Waals surface area contributed by atoms with Crippen LogP contribution in [0, 0.1) is 0 Å². The summed E-state index contributed by atoms with van der Waals surface area (Å²) in [5, 5.41) is 4.08. The van der Waals surface area contributed by atoms with Crippen LogP contribution in [0.4, 0.5) is 0 Å². The van der Waals surface area contributed by atoms with Gasteiger partial charge in [-0.1, -0.05) is 0 Å². The fourth-order valence-electron chi connectivity index (χ4n) is 2.82. The van der Waals surface area contributed by atoms with Crippen LogP contribution in [0.1, 0.15) is 23.3 Å². The van der Waals surface area contributed by atoms with Crippen LogP contribution in [0.2, 0.25) is 0 Å². The molecule has 0 N–H and O–H groups in total. The molecule has 2 aliphatic heterocycles. The van der Waals surface area contributed by atoms with Gasteiger partial charge in [0.15, 0.2) is 0 Å². The van der Waals surface area contributed by atoms with Crippen LogP contribution in [0.3, 0.4) is 0 Å². The number of hydrogen-bond acceptors (Lipinski definition) is 4. The lowest BCUT2D eigenvalue weighted by Crippen LogP contribution is -2.49. The SMILES string of the molecule is Cn1ncc(Br)c1C(=O)C1CN2CCCC2CO1. The molecule has 0 bridgehead atoms. The van der Waals surface area contributed by atoms with Gasteiger partial charge in [0.1, 0.15) is 11.8 Å². The average molecular weight is 314 g/mol. The molecule has 1 aromatic rings. The van der Waals surface area contributed by atoms with Crippen molar-refractivity contribution in [3.8, 4) is 0 Å². The molecular formula is C12H16BrN3O2. The van der Waals surface area contributed by atoms with Gasteiger partial charge in [0.2, 0.25) is 5.78 Å². The number of fused-ring (bicyclic) bond motifs is 1. The third-order valence-electron chi connectivity index (χ3n) is 3.81. The van der Waals surface area contributed by atoms with E-state index in [0.717, 1.165) is 11.0 Å². The minimum Gasteiger partial charge on any atom is -0.367 e. The zero-order chi connectivity index (χ0) is 12.7. The summed E-state index contributed by atoms with van der Waals surface area (Å²) >= 11 is 3.37. The highest BCUT2D eigenvalue weighted by Gasteiger charge is 2.36. The number of carbonyl (C=O) groups excluding carboxylic acids is 1. The number of morpholine rings is 1. The lowest BCUT2D eigenvalue weighted by Gasteiger charge is -2.34. The van der Waals surface area contributed by atoms with Gasteiger partial charge in [0, 0.05) is 19.6 Å². The summed E-state index contributed by atoms with van der Waals surface area (Å²) < 4.78 is 8.08. The lowest BCUT2D eigenvalue weighted by molar-refractivity contribution is -0.0348. The maximum atomic E-state index is 12.4. The Balaban J connectivity index is 1.77. The van der Waals surface area contributed by atoms with Crippen molar-refractivity contribution in [1.82, 2.24) is 14.7 Å². The number of halogens is 1. The summed E-state index contributed by atoms with van der Waals surface area (Å²) in [5.74, 6) is 0.0206. The predicted octanol–water partition coefficient (Wildman–Crippen LogP) is 1.23. The second-order valence-corrected chi connectivity index (χ2v) is 5.80. The zero-order valence-electron chi connectivity index (χ0n) is 10.3. The van der Waals surface area contributed by atoms with E-state index in [1.807, 2.05) is 0 Å². The fraction of sp³-hybridized carbons (Fsp3) is 0.667.